The molecule has 6 nitrogen and oxygen atoms in total. The summed E-state index contributed by atoms with van der Waals surface area (Å²) in [5.74, 6) is 0.743. The number of amides is 1. The van der Waals surface area contributed by atoms with Crippen LogP contribution >= 0.6 is 0 Å². The Bertz CT molecular complexity index is 536. The Labute approximate surface area is 118 Å². The Hall–Kier alpha value is -1.84. The van der Waals surface area contributed by atoms with Gasteiger partial charge in [0.05, 0.1) is 6.54 Å². The fraction of sp³-hybridized carbons (Fsp3) is 0.571. The average Bonchev–Trinajstić information content (AvgIpc) is 2.67. The van der Waals surface area contributed by atoms with Crippen LogP contribution in [-0.2, 0) is 4.79 Å². The minimum atomic E-state index is -0.161. The lowest BCUT2D eigenvalue weighted by atomic mass is 10.1. The van der Waals surface area contributed by atoms with Crippen molar-refractivity contribution in [3.05, 3.63) is 16.9 Å². The van der Waals surface area contributed by atoms with Gasteiger partial charge in [0, 0.05) is 24.7 Å². The van der Waals surface area contributed by atoms with Gasteiger partial charge in [-0.3, -0.25) is 15.0 Å². The molecular weight excluding hydrogens is 256 g/mol. The molecule has 1 aliphatic heterocycles. The summed E-state index contributed by atoms with van der Waals surface area (Å²) >= 11 is 0. The molecule has 0 aromatic carbocycles. The average molecular weight is 276 g/mol. The number of piperidine rings is 1. The number of furan rings is 1. The summed E-state index contributed by atoms with van der Waals surface area (Å²) in [5, 5.41) is 11.8. The van der Waals surface area contributed by atoms with Crippen molar-refractivity contribution in [3.8, 4) is 6.07 Å². The van der Waals surface area contributed by atoms with Crippen LogP contribution in [0.2, 0.25) is 0 Å². The van der Waals surface area contributed by atoms with Gasteiger partial charge in [-0.1, -0.05) is 0 Å². The Morgan fingerprint density at radius 2 is 2.15 bits per heavy atom. The molecule has 0 atom stereocenters. The smallest absolute Gasteiger partial charge is 0.240 e. The van der Waals surface area contributed by atoms with Gasteiger partial charge in [0.2, 0.25) is 11.8 Å². The predicted octanol–water partition coefficient (Wildman–Crippen LogP) is 1.13. The molecule has 1 amide bonds. The highest BCUT2D eigenvalue weighted by molar-refractivity contribution is 5.92. The van der Waals surface area contributed by atoms with Crippen LogP contribution in [0.1, 0.15) is 29.7 Å². The predicted molar refractivity (Wildman–Crippen MR) is 75.2 cm³/mol. The molecule has 1 aromatic heterocycles. The van der Waals surface area contributed by atoms with E-state index in [9.17, 15) is 4.79 Å². The second kappa shape index (κ2) is 6.07. The molecule has 0 bridgehead atoms. The van der Waals surface area contributed by atoms with Crippen molar-refractivity contribution in [2.24, 2.45) is 5.73 Å². The van der Waals surface area contributed by atoms with Gasteiger partial charge >= 0.3 is 0 Å². The molecule has 1 aliphatic rings. The molecule has 1 aromatic rings. The molecular formula is C14H20N4O2. The van der Waals surface area contributed by atoms with Gasteiger partial charge in [0.1, 0.15) is 17.4 Å². The Balaban J connectivity index is 1.95. The number of nitrogens with zero attached hydrogens (tertiary/aromatic N) is 2. The number of nitriles is 1. The van der Waals surface area contributed by atoms with Crippen LogP contribution in [0, 0.1) is 25.2 Å². The van der Waals surface area contributed by atoms with E-state index in [1.54, 1.807) is 13.8 Å². The van der Waals surface area contributed by atoms with E-state index in [0.717, 1.165) is 31.5 Å². The van der Waals surface area contributed by atoms with Crippen LogP contribution < -0.4 is 11.1 Å². The molecule has 0 aliphatic carbocycles. The molecule has 1 saturated heterocycles. The van der Waals surface area contributed by atoms with Gasteiger partial charge in [0.25, 0.3) is 0 Å². The van der Waals surface area contributed by atoms with Crippen LogP contribution in [0.15, 0.2) is 4.42 Å². The maximum absolute atomic E-state index is 12.0. The summed E-state index contributed by atoms with van der Waals surface area (Å²) in [4.78, 5) is 14.1. The Morgan fingerprint density at radius 1 is 1.50 bits per heavy atom. The zero-order valence-electron chi connectivity index (χ0n) is 11.9. The lowest BCUT2D eigenvalue weighted by Crippen LogP contribution is -2.43. The third kappa shape index (κ3) is 3.18. The minimum Gasteiger partial charge on any atom is -0.444 e. The summed E-state index contributed by atoms with van der Waals surface area (Å²) in [6, 6.07) is 2.31. The third-order valence-corrected chi connectivity index (χ3v) is 3.75. The number of carbonyl (C=O) groups is 1. The summed E-state index contributed by atoms with van der Waals surface area (Å²) in [6.07, 6.45) is 1.82. The zero-order chi connectivity index (χ0) is 14.7. The number of likely N-dealkylation sites (tertiary alicyclic amines) is 1. The molecule has 6 heteroatoms. The van der Waals surface area contributed by atoms with Crippen molar-refractivity contribution in [2.45, 2.75) is 32.7 Å². The number of hydrogen-bond acceptors (Lipinski definition) is 5. The zero-order valence-corrected chi connectivity index (χ0v) is 11.9. The van der Waals surface area contributed by atoms with Crippen molar-refractivity contribution in [3.63, 3.8) is 0 Å². The monoisotopic (exact) mass is 276 g/mol. The van der Waals surface area contributed by atoms with Crippen molar-refractivity contribution in [1.82, 2.24) is 4.90 Å². The molecule has 3 N–H and O–H groups in total. The lowest BCUT2D eigenvalue weighted by Gasteiger charge is -2.29. The Kier molecular flexibility index (Phi) is 4.42. The molecule has 0 radical (unpaired) electrons. The highest BCUT2D eigenvalue weighted by Gasteiger charge is 2.20. The number of aryl methyl sites for hydroxylation is 1. The first-order chi connectivity index (χ1) is 9.51. The van der Waals surface area contributed by atoms with E-state index < -0.39 is 0 Å². The van der Waals surface area contributed by atoms with Gasteiger partial charge in [-0.2, -0.15) is 5.26 Å². The minimum absolute atomic E-state index is 0.161. The molecule has 108 valence electrons. The van der Waals surface area contributed by atoms with Crippen LogP contribution in [0.25, 0.3) is 0 Å². The van der Waals surface area contributed by atoms with E-state index in [1.165, 1.54) is 0 Å². The van der Waals surface area contributed by atoms with Gasteiger partial charge in [-0.15, -0.1) is 0 Å². The first kappa shape index (κ1) is 14.6. The van der Waals surface area contributed by atoms with Gasteiger partial charge in [0.15, 0.2) is 0 Å². The number of anilines is 1. The van der Waals surface area contributed by atoms with Crippen LogP contribution in [0.5, 0.6) is 0 Å². The maximum atomic E-state index is 12.0. The molecule has 2 heterocycles. The first-order valence-electron chi connectivity index (χ1n) is 6.79. The molecule has 0 unspecified atom stereocenters. The van der Waals surface area contributed by atoms with Gasteiger partial charge in [-0.05, 0) is 26.7 Å². The van der Waals surface area contributed by atoms with Gasteiger partial charge in [-0.25, -0.2) is 0 Å². The lowest BCUT2D eigenvalue weighted by molar-refractivity contribution is -0.117. The fourth-order valence-electron chi connectivity index (χ4n) is 2.33. The third-order valence-electron chi connectivity index (χ3n) is 3.75. The van der Waals surface area contributed by atoms with Crippen LogP contribution in [0.3, 0.4) is 0 Å². The summed E-state index contributed by atoms with van der Waals surface area (Å²) < 4.78 is 5.42. The molecule has 0 spiro atoms. The number of rotatable bonds is 3. The summed E-state index contributed by atoms with van der Waals surface area (Å²) in [6.45, 7) is 5.54. The van der Waals surface area contributed by atoms with Crippen molar-refractivity contribution < 1.29 is 9.21 Å². The largest absolute Gasteiger partial charge is 0.444 e. The SMILES string of the molecule is Cc1oc(NC(=O)CN2CCC(N)CC2)c(C#N)c1C. The fourth-order valence-corrected chi connectivity index (χ4v) is 2.33. The summed E-state index contributed by atoms with van der Waals surface area (Å²) in [5.41, 5.74) is 7.00. The molecule has 20 heavy (non-hydrogen) atoms. The normalized spacial score (nSPS) is 16.9. The van der Waals surface area contributed by atoms with E-state index in [1.807, 2.05) is 0 Å². The Morgan fingerprint density at radius 3 is 2.75 bits per heavy atom. The topological polar surface area (TPSA) is 95.3 Å². The van der Waals surface area contributed by atoms with Crippen molar-refractivity contribution in [1.29, 1.82) is 5.26 Å². The molecule has 0 saturated carbocycles. The second-order valence-electron chi connectivity index (χ2n) is 5.26. The number of carbonyl (C=O) groups excluding carboxylic acids is 1. The van der Waals surface area contributed by atoms with E-state index in [0.29, 0.717) is 17.9 Å². The van der Waals surface area contributed by atoms with Crippen molar-refractivity contribution >= 4 is 11.8 Å². The molecule has 1 fully saturated rings. The quantitative estimate of drug-likeness (QED) is 0.862. The highest BCUT2D eigenvalue weighted by Crippen LogP contribution is 2.25. The van der Waals surface area contributed by atoms with Crippen LogP contribution in [-0.4, -0.2) is 36.5 Å². The summed E-state index contributed by atoms with van der Waals surface area (Å²) in [7, 11) is 0. The van der Waals surface area contributed by atoms with Crippen LogP contribution in [0.4, 0.5) is 5.88 Å². The van der Waals surface area contributed by atoms with Gasteiger partial charge < -0.3 is 10.2 Å². The standard InChI is InChI=1S/C14H20N4O2/c1-9-10(2)20-14(12(9)7-15)17-13(19)8-18-5-3-11(16)4-6-18/h11H,3-6,8,16H2,1-2H3,(H,17,19). The van der Waals surface area contributed by atoms with E-state index in [4.69, 9.17) is 15.4 Å². The first-order valence-corrected chi connectivity index (χ1v) is 6.79. The number of nitrogens with one attached hydrogen (secondary N) is 1. The number of nitrogens with two attached hydrogens (primary N) is 1. The van der Waals surface area contributed by atoms with E-state index in [-0.39, 0.29) is 17.8 Å². The van der Waals surface area contributed by atoms with E-state index in [2.05, 4.69) is 16.3 Å². The number of hydrogen-bond donors (Lipinski definition) is 2. The second-order valence-corrected chi connectivity index (χ2v) is 5.26. The maximum Gasteiger partial charge on any atom is 0.240 e. The van der Waals surface area contributed by atoms with E-state index >= 15 is 0 Å². The molecule has 2 rings (SSSR count). The highest BCUT2D eigenvalue weighted by atomic mass is 16.4. The van der Waals surface area contributed by atoms with Crippen molar-refractivity contribution in [2.75, 3.05) is 25.0 Å².